The predicted molar refractivity (Wildman–Crippen MR) is 58.1 cm³/mol. The average Bonchev–Trinajstić information content (AvgIpc) is 2.20. The van der Waals surface area contributed by atoms with Crippen molar-refractivity contribution in [1.82, 2.24) is 5.48 Å². The fraction of sp³-hybridized carbons (Fsp3) is 0.300. The smallest absolute Gasteiger partial charge is 0.274 e. The van der Waals surface area contributed by atoms with Gasteiger partial charge in [-0.15, -0.1) is 0 Å². The molecule has 0 atom stereocenters. The van der Waals surface area contributed by atoms with Gasteiger partial charge in [-0.25, -0.2) is 5.48 Å². The van der Waals surface area contributed by atoms with Crippen LogP contribution in [0, 0.1) is 0 Å². The summed E-state index contributed by atoms with van der Waals surface area (Å²) < 4.78 is 0. The summed E-state index contributed by atoms with van der Waals surface area (Å²) >= 11 is 1.75. The van der Waals surface area contributed by atoms with Gasteiger partial charge in [-0.3, -0.25) is 9.63 Å². The third kappa shape index (κ3) is 3.05. The number of carbonyl (C=O) groups is 1. The van der Waals surface area contributed by atoms with Crippen molar-refractivity contribution in [3.63, 3.8) is 0 Å². The molecule has 1 rings (SSSR count). The van der Waals surface area contributed by atoms with Crippen LogP contribution in [0.25, 0.3) is 0 Å². The number of amides is 1. The highest BCUT2D eigenvalue weighted by Gasteiger charge is 2.03. The molecule has 0 aliphatic carbocycles. The van der Waals surface area contributed by atoms with Gasteiger partial charge in [-0.05, 0) is 24.0 Å². The van der Waals surface area contributed by atoms with E-state index in [1.165, 1.54) is 12.7 Å². The lowest BCUT2D eigenvalue weighted by Gasteiger charge is -2.03. The van der Waals surface area contributed by atoms with Crippen LogP contribution in [0.5, 0.6) is 0 Å². The Balaban J connectivity index is 2.67. The van der Waals surface area contributed by atoms with E-state index in [0.29, 0.717) is 5.56 Å². The standard InChI is InChI=1S/C10H13NO2S/c1-13-11-10(12)9-5-3-8(4-6-9)7-14-2/h3-6H,7H2,1-2H3,(H,11,12). The van der Waals surface area contributed by atoms with Gasteiger partial charge >= 0.3 is 0 Å². The first-order chi connectivity index (χ1) is 6.77. The zero-order valence-corrected chi connectivity index (χ0v) is 9.06. The van der Waals surface area contributed by atoms with E-state index in [1.54, 1.807) is 23.9 Å². The molecule has 0 spiro atoms. The fourth-order valence-corrected chi connectivity index (χ4v) is 1.60. The largest absolute Gasteiger partial charge is 0.277 e. The first kappa shape index (κ1) is 11.1. The highest BCUT2D eigenvalue weighted by molar-refractivity contribution is 7.97. The van der Waals surface area contributed by atoms with Crippen LogP contribution >= 0.6 is 11.8 Å². The van der Waals surface area contributed by atoms with Gasteiger partial charge in [-0.2, -0.15) is 11.8 Å². The second-order valence-electron chi connectivity index (χ2n) is 2.77. The molecule has 14 heavy (non-hydrogen) atoms. The lowest BCUT2D eigenvalue weighted by atomic mass is 10.1. The van der Waals surface area contributed by atoms with Crippen molar-refractivity contribution in [2.24, 2.45) is 0 Å². The number of carbonyl (C=O) groups excluding carboxylic acids is 1. The second kappa shape index (κ2) is 5.67. The van der Waals surface area contributed by atoms with E-state index in [1.807, 2.05) is 18.4 Å². The van der Waals surface area contributed by atoms with Crippen molar-refractivity contribution in [2.45, 2.75) is 5.75 Å². The van der Waals surface area contributed by atoms with E-state index in [4.69, 9.17) is 0 Å². The quantitative estimate of drug-likeness (QED) is 0.772. The van der Waals surface area contributed by atoms with E-state index in [2.05, 4.69) is 10.3 Å². The average molecular weight is 211 g/mol. The van der Waals surface area contributed by atoms with Crippen LogP contribution in [-0.2, 0) is 10.6 Å². The fourth-order valence-electron chi connectivity index (χ4n) is 1.07. The third-order valence-electron chi connectivity index (χ3n) is 1.72. The summed E-state index contributed by atoms with van der Waals surface area (Å²) in [5, 5.41) is 0. The van der Waals surface area contributed by atoms with Crippen LogP contribution in [0.4, 0.5) is 0 Å². The maximum atomic E-state index is 11.3. The van der Waals surface area contributed by atoms with Gasteiger partial charge in [0.05, 0.1) is 7.11 Å². The van der Waals surface area contributed by atoms with E-state index in [9.17, 15) is 4.79 Å². The molecule has 0 bridgehead atoms. The van der Waals surface area contributed by atoms with Crippen LogP contribution in [0.3, 0.4) is 0 Å². The van der Waals surface area contributed by atoms with Crippen molar-refractivity contribution in [3.8, 4) is 0 Å². The molecule has 1 aromatic carbocycles. The molecule has 0 radical (unpaired) electrons. The Kier molecular flexibility index (Phi) is 4.49. The van der Waals surface area contributed by atoms with Crippen LogP contribution in [-0.4, -0.2) is 19.3 Å². The Morgan fingerprint density at radius 3 is 2.57 bits per heavy atom. The van der Waals surface area contributed by atoms with Gasteiger partial charge in [-0.1, -0.05) is 12.1 Å². The maximum Gasteiger partial charge on any atom is 0.274 e. The molecule has 3 nitrogen and oxygen atoms in total. The molecule has 76 valence electrons. The Hall–Kier alpha value is -1.00. The number of hydrogen-bond acceptors (Lipinski definition) is 3. The molecule has 1 amide bonds. The lowest BCUT2D eigenvalue weighted by Crippen LogP contribution is -2.21. The van der Waals surface area contributed by atoms with Gasteiger partial charge in [0, 0.05) is 11.3 Å². The zero-order valence-electron chi connectivity index (χ0n) is 8.24. The number of hydroxylamine groups is 1. The predicted octanol–water partition coefficient (Wildman–Crippen LogP) is 1.84. The minimum Gasteiger partial charge on any atom is -0.277 e. The molecular formula is C10H13NO2S. The zero-order chi connectivity index (χ0) is 10.4. The second-order valence-corrected chi connectivity index (χ2v) is 3.63. The lowest BCUT2D eigenvalue weighted by molar-refractivity contribution is 0.0537. The Morgan fingerprint density at radius 2 is 2.07 bits per heavy atom. The van der Waals surface area contributed by atoms with Gasteiger partial charge in [0.1, 0.15) is 0 Å². The van der Waals surface area contributed by atoms with Crippen molar-refractivity contribution in [1.29, 1.82) is 0 Å². The molecule has 0 aromatic heterocycles. The number of thioether (sulfide) groups is 1. The molecule has 0 fully saturated rings. The summed E-state index contributed by atoms with van der Waals surface area (Å²) in [6.45, 7) is 0. The van der Waals surface area contributed by atoms with E-state index in [0.717, 1.165) is 5.75 Å². The Labute approximate surface area is 87.8 Å². The molecule has 0 aliphatic rings. The van der Waals surface area contributed by atoms with E-state index in [-0.39, 0.29) is 5.91 Å². The van der Waals surface area contributed by atoms with Crippen molar-refractivity contribution < 1.29 is 9.63 Å². The molecule has 0 saturated carbocycles. The molecule has 4 heteroatoms. The number of hydrogen-bond donors (Lipinski definition) is 1. The molecule has 1 N–H and O–H groups in total. The first-order valence-corrected chi connectivity index (χ1v) is 5.58. The number of benzene rings is 1. The van der Waals surface area contributed by atoms with Crippen LogP contribution in [0.15, 0.2) is 24.3 Å². The molecule has 1 aromatic rings. The minimum atomic E-state index is -0.219. The Morgan fingerprint density at radius 1 is 1.43 bits per heavy atom. The number of rotatable bonds is 4. The molecule has 0 saturated heterocycles. The van der Waals surface area contributed by atoms with Gasteiger partial charge < -0.3 is 0 Å². The molecule has 0 aliphatic heterocycles. The van der Waals surface area contributed by atoms with E-state index < -0.39 is 0 Å². The number of nitrogens with one attached hydrogen (secondary N) is 1. The molecule has 0 heterocycles. The van der Waals surface area contributed by atoms with Crippen LogP contribution in [0.1, 0.15) is 15.9 Å². The monoisotopic (exact) mass is 211 g/mol. The van der Waals surface area contributed by atoms with Gasteiger partial charge in [0.25, 0.3) is 5.91 Å². The maximum absolute atomic E-state index is 11.3. The summed E-state index contributed by atoms with van der Waals surface area (Å²) in [5.74, 6) is 0.745. The summed E-state index contributed by atoms with van der Waals surface area (Å²) in [6.07, 6.45) is 2.05. The first-order valence-electron chi connectivity index (χ1n) is 4.19. The normalized spacial score (nSPS) is 9.86. The highest BCUT2D eigenvalue weighted by Crippen LogP contribution is 2.10. The highest BCUT2D eigenvalue weighted by atomic mass is 32.2. The third-order valence-corrected chi connectivity index (χ3v) is 2.34. The van der Waals surface area contributed by atoms with Crippen molar-refractivity contribution in [2.75, 3.05) is 13.4 Å². The van der Waals surface area contributed by atoms with Crippen LogP contribution < -0.4 is 5.48 Å². The summed E-state index contributed by atoms with van der Waals surface area (Å²) in [4.78, 5) is 15.8. The summed E-state index contributed by atoms with van der Waals surface area (Å²) in [6, 6.07) is 7.47. The van der Waals surface area contributed by atoms with Gasteiger partial charge in [0.15, 0.2) is 0 Å². The van der Waals surface area contributed by atoms with Crippen LogP contribution in [0.2, 0.25) is 0 Å². The minimum absolute atomic E-state index is 0.219. The summed E-state index contributed by atoms with van der Waals surface area (Å²) in [7, 11) is 1.42. The van der Waals surface area contributed by atoms with E-state index >= 15 is 0 Å². The molecule has 0 unspecified atom stereocenters. The van der Waals surface area contributed by atoms with Crippen molar-refractivity contribution >= 4 is 17.7 Å². The van der Waals surface area contributed by atoms with Crippen molar-refractivity contribution in [3.05, 3.63) is 35.4 Å². The topological polar surface area (TPSA) is 38.3 Å². The summed E-state index contributed by atoms with van der Waals surface area (Å²) in [5.41, 5.74) is 4.09. The molecular weight excluding hydrogens is 198 g/mol. The van der Waals surface area contributed by atoms with Gasteiger partial charge in [0.2, 0.25) is 0 Å². The Bertz CT molecular complexity index is 297. The SMILES string of the molecule is CONC(=O)c1ccc(CSC)cc1.